The molecular weight excluding hydrogens is 268 g/mol. The van der Waals surface area contributed by atoms with E-state index in [4.69, 9.17) is 5.11 Å². The van der Waals surface area contributed by atoms with Crippen molar-refractivity contribution in [3.63, 3.8) is 0 Å². The smallest absolute Gasteiger partial charge is 0.303 e. The van der Waals surface area contributed by atoms with Crippen LogP contribution in [0.3, 0.4) is 0 Å². The van der Waals surface area contributed by atoms with Crippen molar-refractivity contribution >= 4 is 11.9 Å². The first-order valence-corrected chi connectivity index (χ1v) is 6.41. The molecule has 0 bridgehead atoms. The Labute approximate surface area is 115 Å². The third-order valence-electron chi connectivity index (χ3n) is 2.77. The molecule has 6 heteroatoms. The maximum Gasteiger partial charge on any atom is 0.303 e. The molecule has 20 heavy (non-hydrogen) atoms. The van der Waals surface area contributed by atoms with Crippen LogP contribution in [0.5, 0.6) is 0 Å². The lowest BCUT2D eigenvalue weighted by molar-refractivity contribution is -0.137. The van der Waals surface area contributed by atoms with Crippen LogP contribution in [-0.4, -0.2) is 23.5 Å². The van der Waals surface area contributed by atoms with Gasteiger partial charge in [0.05, 0.1) is 0 Å². The summed E-state index contributed by atoms with van der Waals surface area (Å²) in [4.78, 5) is 21.7. The van der Waals surface area contributed by atoms with E-state index in [2.05, 4.69) is 5.32 Å². The van der Waals surface area contributed by atoms with Crippen molar-refractivity contribution in [2.75, 3.05) is 6.54 Å². The lowest BCUT2D eigenvalue weighted by Crippen LogP contribution is -2.24. The van der Waals surface area contributed by atoms with E-state index in [0.29, 0.717) is 19.4 Å². The summed E-state index contributed by atoms with van der Waals surface area (Å²) in [5, 5.41) is 11.0. The summed E-state index contributed by atoms with van der Waals surface area (Å²) in [6, 6.07) is 3.14. The highest BCUT2D eigenvalue weighted by Crippen LogP contribution is 2.11. The molecule has 2 N–H and O–H groups in total. The van der Waals surface area contributed by atoms with Gasteiger partial charge in [-0.05, 0) is 43.0 Å². The second-order valence-corrected chi connectivity index (χ2v) is 4.44. The number of carboxylic acid groups (broad SMARTS) is 1. The Hall–Kier alpha value is -1.98. The first kappa shape index (κ1) is 16.1. The third kappa shape index (κ3) is 6.26. The number of carbonyl (C=O) groups is 2. The second-order valence-electron chi connectivity index (χ2n) is 4.44. The molecule has 0 heterocycles. The van der Waals surface area contributed by atoms with E-state index in [0.717, 1.165) is 18.2 Å². The summed E-state index contributed by atoms with van der Waals surface area (Å²) in [6.07, 6.45) is 1.34. The number of hydrogen-bond acceptors (Lipinski definition) is 2. The van der Waals surface area contributed by atoms with E-state index >= 15 is 0 Å². The van der Waals surface area contributed by atoms with Gasteiger partial charge in [0.1, 0.15) is 11.6 Å². The van der Waals surface area contributed by atoms with Gasteiger partial charge in [0.25, 0.3) is 0 Å². The van der Waals surface area contributed by atoms with Crippen LogP contribution in [0.4, 0.5) is 8.78 Å². The normalized spacial score (nSPS) is 10.3. The van der Waals surface area contributed by atoms with E-state index in [1.165, 1.54) is 0 Å². The molecule has 1 rings (SSSR count). The van der Waals surface area contributed by atoms with Crippen LogP contribution < -0.4 is 5.32 Å². The fraction of sp³-hybridized carbons (Fsp3) is 0.429. The van der Waals surface area contributed by atoms with Crippen molar-refractivity contribution in [2.45, 2.75) is 32.1 Å². The lowest BCUT2D eigenvalue weighted by Gasteiger charge is -2.05. The lowest BCUT2D eigenvalue weighted by atomic mass is 10.1. The van der Waals surface area contributed by atoms with Crippen LogP contribution in [0.25, 0.3) is 0 Å². The number of halogens is 2. The summed E-state index contributed by atoms with van der Waals surface area (Å²) in [5.74, 6) is -2.18. The zero-order valence-corrected chi connectivity index (χ0v) is 11.0. The molecule has 0 aliphatic carbocycles. The molecule has 0 saturated heterocycles. The number of unbranched alkanes of at least 4 members (excludes halogenated alkanes) is 1. The molecule has 1 aromatic rings. The molecule has 0 unspecified atom stereocenters. The van der Waals surface area contributed by atoms with Gasteiger partial charge in [-0.2, -0.15) is 0 Å². The van der Waals surface area contributed by atoms with E-state index in [1.807, 2.05) is 0 Å². The fourth-order valence-corrected chi connectivity index (χ4v) is 1.70. The van der Waals surface area contributed by atoms with E-state index in [1.54, 1.807) is 0 Å². The molecule has 0 aliphatic rings. The molecule has 0 atom stereocenters. The first-order chi connectivity index (χ1) is 9.49. The average molecular weight is 285 g/mol. The van der Waals surface area contributed by atoms with Crippen molar-refractivity contribution in [3.8, 4) is 0 Å². The predicted molar refractivity (Wildman–Crippen MR) is 69.2 cm³/mol. The minimum Gasteiger partial charge on any atom is -0.481 e. The maximum atomic E-state index is 13.3. The Morgan fingerprint density at radius 3 is 2.60 bits per heavy atom. The van der Waals surface area contributed by atoms with Crippen molar-refractivity contribution in [1.29, 1.82) is 0 Å². The molecule has 1 amide bonds. The topological polar surface area (TPSA) is 66.4 Å². The number of rotatable bonds is 8. The number of benzene rings is 1. The van der Waals surface area contributed by atoms with Crippen LogP contribution in [0, 0.1) is 11.6 Å². The van der Waals surface area contributed by atoms with Crippen LogP contribution >= 0.6 is 0 Å². The minimum atomic E-state index is -0.863. The Morgan fingerprint density at radius 1 is 1.15 bits per heavy atom. The third-order valence-corrected chi connectivity index (χ3v) is 2.77. The number of carboxylic acids is 1. The number of nitrogens with one attached hydrogen (secondary N) is 1. The second kappa shape index (κ2) is 8.24. The molecular formula is C14H17F2NO3. The Bertz CT molecular complexity index is 477. The molecule has 0 aromatic heterocycles. The Balaban J connectivity index is 2.23. The summed E-state index contributed by atoms with van der Waals surface area (Å²) in [7, 11) is 0. The molecule has 1 aromatic carbocycles. The van der Waals surface area contributed by atoms with Crippen molar-refractivity contribution in [1.82, 2.24) is 5.32 Å². The van der Waals surface area contributed by atoms with Crippen molar-refractivity contribution in [2.24, 2.45) is 0 Å². The Kier molecular flexibility index (Phi) is 6.63. The van der Waals surface area contributed by atoms with Gasteiger partial charge in [-0.3, -0.25) is 9.59 Å². The molecule has 0 saturated carbocycles. The monoisotopic (exact) mass is 285 g/mol. The zero-order valence-electron chi connectivity index (χ0n) is 11.0. The van der Waals surface area contributed by atoms with Gasteiger partial charge in [-0.25, -0.2) is 8.78 Å². The van der Waals surface area contributed by atoms with Gasteiger partial charge in [0, 0.05) is 19.4 Å². The van der Waals surface area contributed by atoms with Crippen LogP contribution in [0.1, 0.15) is 31.2 Å². The zero-order chi connectivity index (χ0) is 15.0. The predicted octanol–water partition coefficient (Wildman–Crippen LogP) is 2.27. The minimum absolute atomic E-state index is 0.0688. The van der Waals surface area contributed by atoms with Crippen molar-refractivity contribution < 1.29 is 23.5 Å². The molecule has 4 nitrogen and oxygen atoms in total. The van der Waals surface area contributed by atoms with Crippen LogP contribution in [0.2, 0.25) is 0 Å². The molecule has 0 fully saturated rings. The van der Waals surface area contributed by atoms with Gasteiger partial charge < -0.3 is 10.4 Å². The number of aryl methyl sites for hydroxylation is 1. The van der Waals surface area contributed by atoms with E-state index in [9.17, 15) is 18.4 Å². The van der Waals surface area contributed by atoms with Gasteiger partial charge in [-0.15, -0.1) is 0 Å². The largest absolute Gasteiger partial charge is 0.481 e. The number of amides is 1. The number of carbonyl (C=O) groups excluding carboxylic acids is 1. The molecule has 0 radical (unpaired) electrons. The van der Waals surface area contributed by atoms with Crippen LogP contribution in [0.15, 0.2) is 18.2 Å². The summed E-state index contributed by atoms with van der Waals surface area (Å²) in [6.45, 7) is 0.387. The van der Waals surface area contributed by atoms with Gasteiger partial charge in [0.15, 0.2) is 0 Å². The van der Waals surface area contributed by atoms with E-state index in [-0.39, 0.29) is 30.7 Å². The van der Waals surface area contributed by atoms with Gasteiger partial charge >= 0.3 is 5.97 Å². The highest BCUT2D eigenvalue weighted by Gasteiger charge is 2.07. The van der Waals surface area contributed by atoms with E-state index < -0.39 is 17.6 Å². The average Bonchev–Trinajstić information content (AvgIpc) is 2.39. The summed E-state index contributed by atoms with van der Waals surface area (Å²) < 4.78 is 26.2. The Morgan fingerprint density at radius 2 is 1.90 bits per heavy atom. The highest BCUT2D eigenvalue weighted by atomic mass is 19.1. The fourth-order valence-electron chi connectivity index (χ4n) is 1.70. The summed E-state index contributed by atoms with van der Waals surface area (Å²) >= 11 is 0. The highest BCUT2D eigenvalue weighted by molar-refractivity contribution is 5.76. The number of hydrogen-bond donors (Lipinski definition) is 2. The number of aliphatic carboxylic acids is 1. The van der Waals surface area contributed by atoms with Gasteiger partial charge in [-0.1, -0.05) is 0 Å². The standard InChI is InChI=1S/C14H17F2NO3/c15-11-5-6-12(16)10(9-11)4-7-13(18)17-8-2-1-3-14(19)20/h5-6,9H,1-4,7-8H2,(H,17,18)(H,19,20). The molecule has 0 spiro atoms. The molecule has 0 aliphatic heterocycles. The quantitative estimate of drug-likeness (QED) is 0.720. The van der Waals surface area contributed by atoms with Crippen molar-refractivity contribution in [3.05, 3.63) is 35.4 Å². The van der Waals surface area contributed by atoms with Gasteiger partial charge in [0.2, 0.25) is 5.91 Å². The van der Waals surface area contributed by atoms with Crippen LogP contribution in [-0.2, 0) is 16.0 Å². The molecule has 110 valence electrons. The maximum absolute atomic E-state index is 13.3. The first-order valence-electron chi connectivity index (χ1n) is 6.41. The summed E-state index contributed by atoms with van der Waals surface area (Å²) in [5.41, 5.74) is 0.172. The SMILES string of the molecule is O=C(O)CCCCNC(=O)CCc1cc(F)ccc1F.